The van der Waals surface area contributed by atoms with E-state index < -0.39 is 0 Å². The van der Waals surface area contributed by atoms with Crippen LogP contribution in [0.25, 0.3) is 0 Å². The lowest BCUT2D eigenvalue weighted by molar-refractivity contribution is 0.194. The molecule has 2 atom stereocenters. The van der Waals surface area contributed by atoms with Crippen LogP contribution in [-0.2, 0) is 0 Å². The van der Waals surface area contributed by atoms with Crippen LogP contribution < -0.4 is 5.32 Å². The van der Waals surface area contributed by atoms with Crippen molar-refractivity contribution in [2.24, 2.45) is 5.41 Å². The maximum absolute atomic E-state index is 8.98. The quantitative estimate of drug-likeness (QED) is 0.679. The Kier molecular flexibility index (Phi) is 4.80. The Morgan fingerprint density at radius 3 is 2.08 bits per heavy atom. The number of aliphatic hydroxyl groups excluding tert-OH is 1. The first-order chi connectivity index (χ1) is 5.41. The van der Waals surface area contributed by atoms with Crippen molar-refractivity contribution in [2.75, 3.05) is 6.61 Å². The minimum Gasteiger partial charge on any atom is -0.395 e. The largest absolute Gasteiger partial charge is 0.395 e. The van der Waals surface area contributed by atoms with Crippen LogP contribution >= 0.6 is 0 Å². The van der Waals surface area contributed by atoms with Gasteiger partial charge in [-0.15, -0.1) is 0 Å². The van der Waals surface area contributed by atoms with Crippen LogP contribution in [-0.4, -0.2) is 23.8 Å². The van der Waals surface area contributed by atoms with Crippen molar-refractivity contribution >= 4 is 0 Å². The summed E-state index contributed by atoms with van der Waals surface area (Å²) < 4.78 is 0. The predicted molar refractivity (Wildman–Crippen MR) is 53.2 cm³/mol. The van der Waals surface area contributed by atoms with Gasteiger partial charge in [-0.1, -0.05) is 27.7 Å². The van der Waals surface area contributed by atoms with E-state index in [9.17, 15) is 0 Å². The van der Waals surface area contributed by atoms with Crippen LogP contribution in [0.1, 0.15) is 41.0 Å². The minimum absolute atomic E-state index is 0.233. The summed E-state index contributed by atoms with van der Waals surface area (Å²) in [4.78, 5) is 0. The summed E-state index contributed by atoms with van der Waals surface area (Å²) in [6, 6.07) is 0.689. The summed E-state index contributed by atoms with van der Waals surface area (Å²) in [6.07, 6.45) is 0.983. The van der Waals surface area contributed by atoms with Crippen molar-refractivity contribution in [1.82, 2.24) is 5.32 Å². The maximum Gasteiger partial charge on any atom is 0.0584 e. The van der Waals surface area contributed by atoms with Gasteiger partial charge in [0.2, 0.25) is 0 Å². The molecular formula is C10H23NO. The molecule has 0 heterocycles. The van der Waals surface area contributed by atoms with Crippen molar-refractivity contribution in [3.05, 3.63) is 0 Å². The van der Waals surface area contributed by atoms with Gasteiger partial charge in [-0.2, -0.15) is 0 Å². The van der Waals surface area contributed by atoms with Gasteiger partial charge >= 0.3 is 0 Å². The average molecular weight is 173 g/mol. The Bertz CT molecular complexity index is 113. The van der Waals surface area contributed by atoms with E-state index in [4.69, 9.17) is 5.11 Å². The molecule has 0 bridgehead atoms. The molecule has 2 N–H and O–H groups in total. The molecule has 0 aliphatic carbocycles. The fourth-order valence-electron chi connectivity index (χ4n) is 0.903. The van der Waals surface area contributed by atoms with E-state index in [0.29, 0.717) is 6.04 Å². The Hall–Kier alpha value is -0.0800. The average Bonchev–Trinajstić information content (AvgIpc) is 1.97. The lowest BCUT2D eigenvalue weighted by atomic mass is 9.87. The van der Waals surface area contributed by atoms with Crippen LogP contribution in [0.5, 0.6) is 0 Å². The van der Waals surface area contributed by atoms with E-state index in [-0.39, 0.29) is 18.1 Å². The summed E-state index contributed by atoms with van der Waals surface area (Å²) in [5.74, 6) is 0. The molecule has 0 spiro atoms. The van der Waals surface area contributed by atoms with Gasteiger partial charge in [0.05, 0.1) is 6.61 Å². The Morgan fingerprint density at radius 1 is 1.33 bits per heavy atom. The van der Waals surface area contributed by atoms with E-state index in [1.807, 2.05) is 0 Å². The van der Waals surface area contributed by atoms with E-state index in [1.54, 1.807) is 0 Å². The van der Waals surface area contributed by atoms with Gasteiger partial charge in [0, 0.05) is 12.1 Å². The first-order valence-electron chi connectivity index (χ1n) is 4.78. The third kappa shape index (κ3) is 4.07. The Morgan fingerprint density at radius 2 is 1.83 bits per heavy atom. The van der Waals surface area contributed by atoms with Gasteiger partial charge in [0.25, 0.3) is 0 Å². The molecule has 0 aromatic rings. The SMILES string of the molecule is CC[C@H](CO)NC(C)C(C)(C)C. The molecule has 0 aliphatic heterocycles. The molecule has 2 heteroatoms. The molecule has 0 aliphatic rings. The predicted octanol–water partition coefficient (Wildman–Crippen LogP) is 1.78. The third-order valence-corrected chi connectivity index (χ3v) is 2.50. The van der Waals surface area contributed by atoms with Crippen molar-refractivity contribution in [1.29, 1.82) is 0 Å². The molecule has 0 saturated carbocycles. The van der Waals surface area contributed by atoms with E-state index in [1.165, 1.54) is 0 Å². The zero-order valence-electron chi connectivity index (χ0n) is 9.02. The van der Waals surface area contributed by atoms with Crippen molar-refractivity contribution in [2.45, 2.75) is 53.1 Å². The van der Waals surface area contributed by atoms with Crippen molar-refractivity contribution < 1.29 is 5.11 Å². The van der Waals surface area contributed by atoms with Crippen LogP contribution in [0, 0.1) is 5.41 Å². The highest BCUT2D eigenvalue weighted by Gasteiger charge is 2.21. The van der Waals surface area contributed by atoms with Crippen LogP contribution in [0.15, 0.2) is 0 Å². The summed E-state index contributed by atoms with van der Waals surface area (Å²) in [5.41, 5.74) is 0.266. The van der Waals surface area contributed by atoms with Crippen LogP contribution in [0.2, 0.25) is 0 Å². The second kappa shape index (κ2) is 4.83. The molecule has 2 nitrogen and oxygen atoms in total. The van der Waals surface area contributed by atoms with Crippen molar-refractivity contribution in [3.8, 4) is 0 Å². The number of hydrogen-bond acceptors (Lipinski definition) is 2. The number of rotatable bonds is 4. The van der Waals surface area contributed by atoms with Crippen LogP contribution in [0.3, 0.4) is 0 Å². The Labute approximate surface area is 76.4 Å². The number of nitrogens with one attached hydrogen (secondary N) is 1. The first-order valence-corrected chi connectivity index (χ1v) is 4.78. The Balaban J connectivity index is 3.90. The molecule has 0 aromatic carbocycles. The summed E-state index contributed by atoms with van der Waals surface area (Å²) in [6.45, 7) is 11.1. The van der Waals surface area contributed by atoms with Gasteiger partial charge in [0.1, 0.15) is 0 Å². The fourth-order valence-corrected chi connectivity index (χ4v) is 0.903. The molecule has 0 radical (unpaired) electrons. The topological polar surface area (TPSA) is 32.3 Å². The van der Waals surface area contributed by atoms with Gasteiger partial charge in [0.15, 0.2) is 0 Å². The highest BCUT2D eigenvalue weighted by molar-refractivity contribution is 4.79. The van der Waals surface area contributed by atoms with Crippen molar-refractivity contribution in [3.63, 3.8) is 0 Å². The molecule has 0 fully saturated rings. The molecule has 0 amide bonds. The van der Waals surface area contributed by atoms with E-state index in [0.717, 1.165) is 6.42 Å². The fraction of sp³-hybridized carbons (Fsp3) is 1.00. The molecule has 0 aromatic heterocycles. The third-order valence-electron chi connectivity index (χ3n) is 2.50. The standard InChI is InChI=1S/C10H23NO/c1-6-9(7-12)11-8(2)10(3,4)5/h8-9,11-12H,6-7H2,1-5H3/t8?,9-/m1/s1. The summed E-state index contributed by atoms with van der Waals surface area (Å²) >= 11 is 0. The zero-order chi connectivity index (χ0) is 9.78. The lowest BCUT2D eigenvalue weighted by Crippen LogP contribution is -2.45. The molecule has 1 unspecified atom stereocenters. The summed E-state index contributed by atoms with van der Waals surface area (Å²) in [5, 5.41) is 12.4. The normalized spacial score (nSPS) is 17.5. The smallest absolute Gasteiger partial charge is 0.0584 e. The van der Waals surface area contributed by atoms with Gasteiger partial charge in [-0.05, 0) is 18.8 Å². The molecule has 74 valence electrons. The molecule has 0 saturated heterocycles. The second-order valence-corrected chi connectivity index (χ2v) is 4.54. The van der Waals surface area contributed by atoms with E-state index >= 15 is 0 Å². The number of aliphatic hydroxyl groups is 1. The first kappa shape index (κ1) is 11.9. The summed E-state index contributed by atoms with van der Waals surface area (Å²) in [7, 11) is 0. The zero-order valence-corrected chi connectivity index (χ0v) is 9.02. The van der Waals surface area contributed by atoms with Gasteiger partial charge < -0.3 is 10.4 Å². The van der Waals surface area contributed by atoms with Gasteiger partial charge in [-0.3, -0.25) is 0 Å². The molecular weight excluding hydrogens is 150 g/mol. The highest BCUT2D eigenvalue weighted by Crippen LogP contribution is 2.19. The van der Waals surface area contributed by atoms with Gasteiger partial charge in [-0.25, -0.2) is 0 Å². The highest BCUT2D eigenvalue weighted by atomic mass is 16.3. The van der Waals surface area contributed by atoms with E-state index in [2.05, 4.69) is 39.9 Å². The maximum atomic E-state index is 8.98. The molecule has 12 heavy (non-hydrogen) atoms. The monoisotopic (exact) mass is 173 g/mol. The lowest BCUT2D eigenvalue weighted by Gasteiger charge is -2.31. The molecule has 0 rings (SSSR count). The second-order valence-electron chi connectivity index (χ2n) is 4.54. The minimum atomic E-state index is 0.233. The number of hydrogen-bond donors (Lipinski definition) is 2. The van der Waals surface area contributed by atoms with Crippen LogP contribution in [0.4, 0.5) is 0 Å².